The first kappa shape index (κ1) is 10.5. The van der Waals surface area contributed by atoms with Crippen LogP contribution in [-0.4, -0.2) is 5.91 Å². The largest absolute Gasteiger partial charge is 0.370 e. The van der Waals surface area contributed by atoms with Crippen molar-refractivity contribution in [2.24, 2.45) is 5.73 Å². The Balaban J connectivity index is 2.41. The number of nitrogens with two attached hydrogens (primary N) is 1. The minimum atomic E-state index is -0.217. The van der Waals surface area contributed by atoms with Crippen LogP contribution in [0.15, 0.2) is 24.3 Å². The van der Waals surface area contributed by atoms with E-state index in [1.165, 1.54) is 9.13 Å². The molecule has 2 nitrogen and oxygen atoms in total. The lowest BCUT2D eigenvalue weighted by Crippen LogP contribution is -2.10. The van der Waals surface area contributed by atoms with Crippen molar-refractivity contribution in [2.45, 2.75) is 19.3 Å². The van der Waals surface area contributed by atoms with Crippen LogP contribution in [-0.2, 0) is 11.2 Å². The van der Waals surface area contributed by atoms with Crippen LogP contribution >= 0.6 is 22.6 Å². The van der Waals surface area contributed by atoms with E-state index in [-0.39, 0.29) is 5.91 Å². The van der Waals surface area contributed by atoms with Crippen molar-refractivity contribution in [3.63, 3.8) is 0 Å². The molecule has 0 heterocycles. The van der Waals surface area contributed by atoms with Gasteiger partial charge in [-0.15, -0.1) is 0 Å². The number of carbonyl (C=O) groups excluding carboxylic acids is 1. The standard InChI is InChI=1S/C10H12INO/c11-9-5-1-3-8(7-9)4-2-6-10(12)13/h1,3,5,7H,2,4,6H2,(H2,12,13). The highest BCUT2D eigenvalue weighted by Gasteiger charge is 1.96. The van der Waals surface area contributed by atoms with Crippen LogP contribution in [0.3, 0.4) is 0 Å². The molecule has 0 aliphatic rings. The van der Waals surface area contributed by atoms with Crippen LogP contribution in [0.1, 0.15) is 18.4 Å². The Kier molecular flexibility index (Phi) is 4.21. The fourth-order valence-corrected chi connectivity index (χ4v) is 1.77. The molecular formula is C10H12INO. The summed E-state index contributed by atoms with van der Waals surface area (Å²) in [6, 6.07) is 8.28. The molecule has 0 saturated heterocycles. The van der Waals surface area contributed by atoms with E-state index >= 15 is 0 Å². The number of primary amides is 1. The molecule has 1 aromatic rings. The highest BCUT2D eigenvalue weighted by atomic mass is 127. The highest BCUT2D eigenvalue weighted by Crippen LogP contribution is 2.10. The predicted molar refractivity (Wildman–Crippen MR) is 61.3 cm³/mol. The molecule has 0 aliphatic carbocycles. The van der Waals surface area contributed by atoms with Gasteiger partial charge in [0, 0.05) is 9.99 Å². The third kappa shape index (κ3) is 4.26. The zero-order valence-electron chi connectivity index (χ0n) is 7.29. The van der Waals surface area contributed by atoms with E-state index in [4.69, 9.17) is 5.73 Å². The lowest BCUT2D eigenvalue weighted by molar-refractivity contribution is -0.118. The second-order valence-corrected chi connectivity index (χ2v) is 4.20. The van der Waals surface area contributed by atoms with Gasteiger partial charge in [0.15, 0.2) is 0 Å². The van der Waals surface area contributed by atoms with Gasteiger partial charge in [0.1, 0.15) is 0 Å². The van der Waals surface area contributed by atoms with Crippen molar-refractivity contribution >= 4 is 28.5 Å². The normalized spacial score (nSPS) is 9.92. The first-order valence-corrected chi connectivity index (χ1v) is 5.29. The van der Waals surface area contributed by atoms with Crippen molar-refractivity contribution in [1.82, 2.24) is 0 Å². The van der Waals surface area contributed by atoms with Crippen LogP contribution in [0.5, 0.6) is 0 Å². The van der Waals surface area contributed by atoms with E-state index in [9.17, 15) is 4.79 Å². The zero-order valence-corrected chi connectivity index (χ0v) is 9.45. The van der Waals surface area contributed by atoms with E-state index in [1.54, 1.807) is 0 Å². The van der Waals surface area contributed by atoms with Crippen LogP contribution < -0.4 is 5.73 Å². The van der Waals surface area contributed by atoms with Crippen LogP contribution in [0.2, 0.25) is 0 Å². The minimum Gasteiger partial charge on any atom is -0.370 e. The van der Waals surface area contributed by atoms with Gasteiger partial charge in [-0.2, -0.15) is 0 Å². The Morgan fingerprint density at radius 2 is 2.23 bits per heavy atom. The highest BCUT2D eigenvalue weighted by molar-refractivity contribution is 14.1. The average molecular weight is 289 g/mol. The number of hydrogen-bond acceptors (Lipinski definition) is 1. The lowest BCUT2D eigenvalue weighted by Gasteiger charge is -1.99. The predicted octanol–water partition coefficient (Wildman–Crippen LogP) is 2.10. The number of hydrogen-bond donors (Lipinski definition) is 1. The Morgan fingerprint density at radius 3 is 2.85 bits per heavy atom. The average Bonchev–Trinajstić information content (AvgIpc) is 2.03. The summed E-state index contributed by atoms with van der Waals surface area (Å²) in [5.74, 6) is -0.217. The van der Waals surface area contributed by atoms with Gasteiger partial charge in [-0.05, 0) is 53.1 Å². The maximum absolute atomic E-state index is 10.5. The second-order valence-electron chi connectivity index (χ2n) is 2.95. The van der Waals surface area contributed by atoms with Gasteiger partial charge in [0.25, 0.3) is 0 Å². The second kappa shape index (κ2) is 5.21. The summed E-state index contributed by atoms with van der Waals surface area (Å²) in [6.45, 7) is 0. The smallest absolute Gasteiger partial charge is 0.217 e. The first-order valence-electron chi connectivity index (χ1n) is 4.21. The molecule has 0 unspecified atom stereocenters. The fraction of sp³-hybridized carbons (Fsp3) is 0.300. The molecule has 1 aromatic carbocycles. The summed E-state index contributed by atoms with van der Waals surface area (Å²) in [4.78, 5) is 10.5. The number of amides is 1. The summed E-state index contributed by atoms with van der Waals surface area (Å²) >= 11 is 2.28. The van der Waals surface area contributed by atoms with E-state index in [2.05, 4.69) is 40.8 Å². The molecular weight excluding hydrogens is 277 g/mol. The number of rotatable bonds is 4. The Morgan fingerprint density at radius 1 is 1.46 bits per heavy atom. The Labute approximate surface area is 91.7 Å². The van der Waals surface area contributed by atoms with Crippen LogP contribution in [0.4, 0.5) is 0 Å². The molecule has 0 atom stereocenters. The topological polar surface area (TPSA) is 43.1 Å². The molecule has 1 rings (SSSR count). The zero-order chi connectivity index (χ0) is 9.68. The summed E-state index contributed by atoms with van der Waals surface area (Å²) in [5, 5.41) is 0. The van der Waals surface area contributed by atoms with Crippen molar-refractivity contribution < 1.29 is 4.79 Å². The number of carbonyl (C=O) groups is 1. The van der Waals surface area contributed by atoms with Gasteiger partial charge in [-0.3, -0.25) is 4.79 Å². The molecule has 3 heteroatoms. The number of benzene rings is 1. The molecule has 0 spiro atoms. The first-order chi connectivity index (χ1) is 6.18. The third-order valence-electron chi connectivity index (χ3n) is 1.78. The van der Waals surface area contributed by atoms with Gasteiger partial charge in [-0.1, -0.05) is 12.1 Å². The van der Waals surface area contributed by atoms with E-state index in [0.717, 1.165) is 12.8 Å². The monoisotopic (exact) mass is 289 g/mol. The molecule has 0 radical (unpaired) electrons. The van der Waals surface area contributed by atoms with Gasteiger partial charge in [0.2, 0.25) is 5.91 Å². The quantitative estimate of drug-likeness (QED) is 0.847. The number of aryl methyl sites for hydroxylation is 1. The SMILES string of the molecule is NC(=O)CCCc1cccc(I)c1. The van der Waals surface area contributed by atoms with Gasteiger partial charge in [0.05, 0.1) is 0 Å². The van der Waals surface area contributed by atoms with E-state index in [0.29, 0.717) is 6.42 Å². The minimum absolute atomic E-state index is 0.217. The maximum atomic E-state index is 10.5. The van der Waals surface area contributed by atoms with E-state index < -0.39 is 0 Å². The lowest BCUT2D eigenvalue weighted by atomic mass is 10.1. The molecule has 1 amide bonds. The fourth-order valence-electron chi connectivity index (χ4n) is 1.16. The van der Waals surface area contributed by atoms with Gasteiger partial charge < -0.3 is 5.73 Å². The molecule has 2 N–H and O–H groups in total. The van der Waals surface area contributed by atoms with Crippen molar-refractivity contribution in [3.05, 3.63) is 33.4 Å². The summed E-state index contributed by atoms with van der Waals surface area (Å²) in [7, 11) is 0. The van der Waals surface area contributed by atoms with Crippen LogP contribution in [0, 0.1) is 3.57 Å². The molecule has 0 saturated carbocycles. The molecule has 0 aliphatic heterocycles. The Hall–Kier alpha value is -0.580. The molecule has 0 bridgehead atoms. The summed E-state index contributed by atoms with van der Waals surface area (Å²) < 4.78 is 1.23. The van der Waals surface area contributed by atoms with E-state index in [1.807, 2.05) is 6.07 Å². The van der Waals surface area contributed by atoms with Crippen LogP contribution in [0.25, 0.3) is 0 Å². The molecule has 13 heavy (non-hydrogen) atoms. The van der Waals surface area contributed by atoms with Gasteiger partial charge >= 0.3 is 0 Å². The summed E-state index contributed by atoms with van der Waals surface area (Å²) in [5.41, 5.74) is 6.32. The Bertz CT molecular complexity index is 299. The maximum Gasteiger partial charge on any atom is 0.217 e. The molecule has 70 valence electrons. The summed E-state index contributed by atoms with van der Waals surface area (Å²) in [6.07, 6.45) is 2.25. The van der Waals surface area contributed by atoms with Crippen molar-refractivity contribution in [1.29, 1.82) is 0 Å². The van der Waals surface area contributed by atoms with Gasteiger partial charge in [-0.25, -0.2) is 0 Å². The molecule has 0 fully saturated rings. The van der Waals surface area contributed by atoms with Crippen molar-refractivity contribution in [3.8, 4) is 0 Å². The molecule has 0 aromatic heterocycles. The third-order valence-corrected chi connectivity index (χ3v) is 2.45. The number of halogens is 1. The van der Waals surface area contributed by atoms with Crippen molar-refractivity contribution in [2.75, 3.05) is 0 Å².